The molecule has 1 atom stereocenters. The molecule has 0 aliphatic carbocycles. The molecule has 92 valence electrons. The smallest absolute Gasteiger partial charge is 0.287 e. The number of carbonyl (C=O) groups excluding carboxylic acids is 1. The van der Waals surface area contributed by atoms with Crippen molar-refractivity contribution >= 4 is 11.6 Å². The first-order chi connectivity index (χ1) is 7.99. The normalized spacial score (nSPS) is 19.6. The van der Waals surface area contributed by atoms with E-state index in [1.807, 2.05) is 0 Å². The minimum absolute atomic E-state index is 0.00852. The van der Waals surface area contributed by atoms with Gasteiger partial charge in [0.2, 0.25) is 0 Å². The summed E-state index contributed by atoms with van der Waals surface area (Å²) >= 11 is 0. The summed E-state index contributed by atoms with van der Waals surface area (Å²) in [6.45, 7) is 1.12. The summed E-state index contributed by atoms with van der Waals surface area (Å²) in [5.41, 5.74) is 5.98. The van der Waals surface area contributed by atoms with Crippen molar-refractivity contribution in [3.63, 3.8) is 0 Å². The van der Waals surface area contributed by atoms with Crippen LogP contribution in [0.3, 0.4) is 0 Å². The van der Waals surface area contributed by atoms with E-state index in [-0.39, 0.29) is 17.6 Å². The highest BCUT2D eigenvalue weighted by atomic mass is 16.6. The van der Waals surface area contributed by atoms with E-state index in [1.165, 1.54) is 16.8 Å². The Morgan fingerprint density at radius 1 is 1.65 bits per heavy atom. The van der Waals surface area contributed by atoms with Crippen LogP contribution < -0.4 is 5.73 Å². The fourth-order valence-corrected chi connectivity index (χ4v) is 1.99. The Kier molecular flexibility index (Phi) is 2.84. The molecule has 2 heterocycles. The first-order valence-corrected chi connectivity index (χ1v) is 5.34. The highest BCUT2D eigenvalue weighted by molar-refractivity contribution is 5.93. The molecule has 1 amide bonds. The molecule has 7 nitrogen and oxygen atoms in total. The zero-order chi connectivity index (χ0) is 12.6. The largest absolute Gasteiger partial charge is 0.340 e. The van der Waals surface area contributed by atoms with E-state index >= 15 is 0 Å². The van der Waals surface area contributed by atoms with Crippen LogP contribution >= 0.6 is 0 Å². The first-order valence-electron chi connectivity index (χ1n) is 5.34. The SMILES string of the molecule is Cn1cc([N+](=O)[O-])cc1C(=O)N1CCC(N)C1. The number of aryl methyl sites for hydroxylation is 1. The van der Waals surface area contributed by atoms with Crippen LogP contribution in [0.25, 0.3) is 0 Å². The Bertz CT molecular complexity index is 468. The van der Waals surface area contributed by atoms with Crippen molar-refractivity contribution < 1.29 is 9.72 Å². The van der Waals surface area contributed by atoms with Crippen LogP contribution in [0.5, 0.6) is 0 Å². The number of hydrogen-bond donors (Lipinski definition) is 1. The lowest BCUT2D eigenvalue weighted by Crippen LogP contribution is -2.32. The van der Waals surface area contributed by atoms with Crippen molar-refractivity contribution in [2.45, 2.75) is 12.5 Å². The molecular weight excluding hydrogens is 224 g/mol. The Morgan fingerprint density at radius 3 is 2.82 bits per heavy atom. The average molecular weight is 238 g/mol. The van der Waals surface area contributed by atoms with Crippen molar-refractivity contribution in [2.75, 3.05) is 13.1 Å². The lowest BCUT2D eigenvalue weighted by molar-refractivity contribution is -0.384. The molecule has 2 N–H and O–H groups in total. The van der Waals surface area contributed by atoms with Gasteiger partial charge in [0, 0.05) is 32.2 Å². The zero-order valence-corrected chi connectivity index (χ0v) is 9.50. The van der Waals surface area contributed by atoms with Crippen molar-refractivity contribution in [1.82, 2.24) is 9.47 Å². The molecule has 1 unspecified atom stereocenters. The maximum Gasteiger partial charge on any atom is 0.287 e. The summed E-state index contributed by atoms with van der Waals surface area (Å²) in [4.78, 5) is 23.8. The topological polar surface area (TPSA) is 94.4 Å². The van der Waals surface area contributed by atoms with Gasteiger partial charge < -0.3 is 15.2 Å². The Hall–Kier alpha value is -1.89. The molecule has 1 fully saturated rings. The minimum Gasteiger partial charge on any atom is -0.340 e. The van der Waals surface area contributed by atoms with Gasteiger partial charge in [0.05, 0.1) is 11.1 Å². The van der Waals surface area contributed by atoms with Gasteiger partial charge in [-0.1, -0.05) is 0 Å². The number of nitrogens with two attached hydrogens (primary N) is 1. The van der Waals surface area contributed by atoms with Gasteiger partial charge in [-0.3, -0.25) is 14.9 Å². The van der Waals surface area contributed by atoms with Crippen molar-refractivity contribution in [3.8, 4) is 0 Å². The number of nitro groups is 1. The molecule has 0 aromatic carbocycles. The van der Waals surface area contributed by atoms with E-state index in [4.69, 9.17) is 5.73 Å². The van der Waals surface area contributed by atoms with Crippen LogP contribution in [0.4, 0.5) is 5.69 Å². The highest BCUT2D eigenvalue weighted by Gasteiger charge is 2.27. The second-order valence-corrected chi connectivity index (χ2v) is 4.25. The molecule has 0 radical (unpaired) electrons. The number of amides is 1. The highest BCUT2D eigenvalue weighted by Crippen LogP contribution is 2.18. The van der Waals surface area contributed by atoms with Crippen LogP contribution in [0.15, 0.2) is 12.3 Å². The third kappa shape index (κ3) is 2.14. The lowest BCUT2D eigenvalue weighted by atomic mass is 10.3. The maximum atomic E-state index is 12.1. The van der Waals surface area contributed by atoms with E-state index in [0.717, 1.165) is 6.42 Å². The van der Waals surface area contributed by atoms with Crippen LogP contribution in [-0.2, 0) is 7.05 Å². The monoisotopic (exact) mass is 238 g/mol. The van der Waals surface area contributed by atoms with E-state index in [1.54, 1.807) is 11.9 Å². The second-order valence-electron chi connectivity index (χ2n) is 4.25. The molecule has 1 aromatic rings. The number of nitrogens with zero attached hydrogens (tertiary/aromatic N) is 3. The van der Waals surface area contributed by atoms with E-state index < -0.39 is 4.92 Å². The third-order valence-electron chi connectivity index (χ3n) is 2.93. The number of aromatic nitrogens is 1. The molecular formula is C10H14N4O3. The quantitative estimate of drug-likeness (QED) is 0.584. The molecule has 0 saturated carbocycles. The van der Waals surface area contributed by atoms with Crippen LogP contribution in [0.2, 0.25) is 0 Å². The van der Waals surface area contributed by atoms with E-state index in [0.29, 0.717) is 18.8 Å². The molecule has 1 aromatic heterocycles. The summed E-state index contributed by atoms with van der Waals surface area (Å²) in [5, 5.41) is 10.6. The Morgan fingerprint density at radius 2 is 2.35 bits per heavy atom. The Labute approximate surface area is 97.9 Å². The summed E-state index contributed by atoms with van der Waals surface area (Å²) < 4.78 is 1.48. The standard InChI is InChI=1S/C10H14N4O3/c1-12-6-8(14(16)17)4-9(12)10(15)13-3-2-7(11)5-13/h4,6-7H,2-3,5,11H2,1H3. The van der Waals surface area contributed by atoms with Gasteiger partial charge in [-0.2, -0.15) is 0 Å². The Balaban J connectivity index is 2.22. The van der Waals surface area contributed by atoms with E-state index in [9.17, 15) is 14.9 Å². The molecule has 0 bridgehead atoms. The zero-order valence-electron chi connectivity index (χ0n) is 9.50. The van der Waals surface area contributed by atoms with Gasteiger partial charge in [0.1, 0.15) is 5.69 Å². The van der Waals surface area contributed by atoms with Crippen molar-refractivity contribution in [3.05, 3.63) is 28.1 Å². The summed E-state index contributed by atoms with van der Waals surface area (Å²) in [6, 6.07) is 1.31. The van der Waals surface area contributed by atoms with Gasteiger partial charge in [0.15, 0.2) is 0 Å². The predicted octanol–water partition coefficient (Wildman–Crippen LogP) is 0.106. The third-order valence-corrected chi connectivity index (χ3v) is 2.93. The number of rotatable bonds is 2. The molecule has 1 aliphatic rings. The lowest BCUT2D eigenvalue weighted by Gasteiger charge is -2.15. The van der Waals surface area contributed by atoms with Gasteiger partial charge in [-0.15, -0.1) is 0 Å². The van der Waals surface area contributed by atoms with Gasteiger partial charge in [-0.05, 0) is 6.42 Å². The average Bonchev–Trinajstić information content (AvgIpc) is 2.84. The number of hydrogen-bond acceptors (Lipinski definition) is 4. The fraction of sp³-hybridized carbons (Fsp3) is 0.500. The molecule has 17 heavy (non-hydrogen) atoms. The molecule has 1 saturated heterocycles. The number of likely N-dealkylation sites (tertiary alicyclic amines) is 1. The van der Waals surface area contributed by atoms with Crippen LogP contribution in [0.1, 0.15) is 16.9 Å². The summed E-state index contributed by atoms with van der Waals surface area (Å²) in [6.07, 6.45) is 2.11. The molecule has 1 aliphatic heterocycles. The van der Waals surface area contributed by atoms with Crippen molar-refractivity contribution in [2.24, 2.45) is 12.8 Å². The van der Waals surface area contributed by atoms with E-state index in [2.05, 4.69) is 0 Å². The van der Waals surface area contributed by atoms with Crippen molar-refractivity contribution in [1.29, 1.82) is 0 Å². The number of carbonyl (C=O) groups is 1. The second kappa shape index (κ2) is 4.17. The van der Waals surface area contributed by atoms with Crippen LogP contribution in [0, 0.1) is 10.1 Å². The predicted molar refractivity (Wildman–Crippen MR) is 60.6 cm³/mol. The minimum atomic E-state index is -0.507. The van der Waals surface area contributed by atoms with Crippen LogP contribution in [-0.4, -0.2) is 39.4 Å². The van der Waals surface area contributed by atoms with Gasteiger partial charge in [-0.25, -0.2) is 0 Å². The first kappa shape index (κ1) is 11.6. The molecule has 2 rings (SSSR count). The molecule has 0 spiro atoms. The maximum absolute atomic E-state index is 12.1. The van der Waals surface area contributed by atoms with Gasteiger partial charge in [0.25, 0.3) is 11.6 Å². The summed E-state index contributed by atoms with van der Waals surface area (Å²) in [5.74, 6) is -0.200. The van der Waals surface area contributed by atoms with Gasteiger partial charge >= 0.3 is 0 Å². The fourth-order valence-electron chi connectivity index (χ4n) is 1.99. The molecule has 7 heteroatoms. The summed E-state index contributed by atoms with van der Waals surface area (Å²) in [7, 11) is 1.62.